The van der Waals surface area contributed by atoms with Crippen molar-refractivity contribution in [2.75, 3.05) is 0 Å². The number of hydrogen-bond acceptors (Lipinski definition) is 3. The quantitative estimate of drug-likeness (QED) is 0.782. The summed E-state index contributed by atoms with van der Waals surface area (Å²) in [5.74, 6) is -0.469. The number of rotatable bonds is 2. The molecule has 3 rings (SSSR count). The van der Waals surface area contributed by atoms with E-state index in [1.54, 1.807) is 6.20 Å². The summed E-state index contributed by atoms with van der Waals surface area (Å²) in [7, 11) is 0. The summed E-state index contributed by atoms with van der Waals surface area (Å²) in [6.45, 7) is 3.77. The Kier molecular flexibility index (Phi) is 3.14. The molecule has 2 N–H and O–H groups in total. The summed E-state index contributed by atoms with van der Waals surface area (Å²) in [6.07, 6.45) is 1.73. The molecule has 3 aromatic rings. The Morgan fingerprint density at radius 2 is 1.90 bits per heavy atom. The van der Waals surface area contributed by atoms with Gasteiger partial charge in [-0.15, -0.1) is 0 Å². The van der Waals surface area contributed by atoms with Crippen LogP contribution in [0.15, 0.2) is 42.6 Å². The number of nitrogens with two attached hydrogens (primary N) is 1. The number of carbonyl (C=O) groups is 1. The number of pyridine rings is 2. The van der Waals surface area contributed by atoms with Crippen molar-refractivity contribution in [3.05, 3.63) is 59.4 Å². The Balaban J connectivity index is 2.29. The van der Waals surface area contributed by atoms with E-state index >= 15 is 0 Å². The van der Waals surface area contributed by atoms with Gasteiger partial charge in [0.25, 0.3) is 5.91 Å². The van der Waals surface area contributed by atoms with Crippen molar-refractivity contribution < 1.29 is 4.79 Å². The summed E-state index contributed by atoms with van der Waals surface area (Å²) >= 11 is 0. The Hall–Kier alpha value is -2.75. The van der Waals surface area contributed by atoms with Crippen molar-refractivity contribution in [2.45, 2.75) is 13.8 Å². The van der Waals surface area contributed by atoms with E-state index in [1.165, 1.54) is 0 Å². The van der Waals surface area contributed by atoms with Crippen molar-refractivity contribution in [3.8, 4) is 11.3 Å². The van der Waals surface area contributed by atoms with E-state index in [0.717, 1.165) is 27.7 Å². The van der Waals surface area contributed by atoms with Crippen molar-refractivity contribution in [1.29, 1.82) is 0 Å². The molecule has 0 atom stereocenters. The minimum atomic E-state index is -0.469. The minimum Gasteiger partial charge on any atom is -0.366 e. The zero-order valence-electron chi connectivity index (χ0n) is 11.9. The first-order chi connectivity index (χ1) is 10.1. The van der Waals surface area contributed by atoms with Gasteiger partial charge in [-0.05, 0) is 37.6 Å². The van der Waals surface area contributed by atoms with Crippen molar-refractivity contribution >= 4 is 16.8 Å². The van der Waals surface area contributed by atoms with Crippen LogP contribution in [-0.4, -0.2) is 15.9 Å². The van der Waals surface area contributed by atoms with Crippen LogP contribution in [0.2, 0.25) is 0 Å². The molecule has 0 aliphatic carbocycles. The van der Waals surface area contributed by atoms with Crippen LogP contribution in [0.4, 0.5) is 0 Å². The number of carbonyl (C=O) groups excluding carboxylic acids is 1. The van der Waals surface area contributed by atoms with Gasteiger partial charge in [-0.25, -0.2) is 0 Å². The van der Waals surface area contributed by atoms with E-state index in [9.17, 15) is 4.79 Å². The number of nitrogens with zero attached hydrogens (tertiary/aromatic N) is 2. The average Bonchev–Trinajstić information content (AvgIpc) is 2.45. The van der Waals surface area contributed by atoms with Gasteiger partial charge < -0.3 is 5.73 Å². The first-order valence-electron chi connectivity index (χ1n) is 6.69. The van der Waals surface area contributed by atoms with Crippen LogP contribution in [0.25, 0.3) is 22.2 Å². The summed E-state index contributed by atoms with van der Waals surface area (Å²) in [5.41, 5.74) is 9.96. The van der Waals surface area contributed by atoms with Gasteiger partial charge in [0.15, 0.2) is 0 Å². The van der Waals surface area contributed by atoms with E-state index in [2.05, 4.69) is 9.97 Å². The van der Waals surface area contributed by atoms with Gasteiger partial charge in [-0.2, -0.15) is 0 Å². The van der Waals surface area contributed by atoms with Crippen LogP contribution in [0.3, 0.4) is 0 Å². The fourth-order valence-electron chi connectivity index (χ4n) is 2.56. The normalized spacial score (nSPS) is 10.8. The molecular formula is C17H15N3O. The topological polar surface area (TPSA) is 68.9 Å². The van der Waals surface area contributed by atoms with Crippen LogP contribution in [-0.2, 0) is 0 Å². The van der Waals surface area contributed by atoms with Crippen LogP contribution < -0.4 is 5.73 Å². The van der Waals surface area contributed by atoms with E-state index in [-0.39, 0.29) is 0 Å². The van der Waals surface area contributed by atoms with Crippen LogP contribution in [0.5, 0.6) is 0 Å². The molecule has 0 spiro atoms. The third-order valence-corrected chi connectivity index (χ3v) is 3.46. The van der Waals surface area contributed by atoms with E-state index in [0.29, 0.717) is 11.3 Å². The predicted octanol–water partition coefficient (Wildman–Crippen LogP) is 3.01. The van der Waals surface area contributed by atoms with E-state index in [4.69, 9.17) is 5.73 Å². The lowest BCUT2D eigenvalue weighted by Crippen LogP contribution is -2.15. The molecule has 0 saturated heterocycles. The first-order valence-corrected chi connectivity index (χ1v) is 6.69. The molecule has 104 valence electrons. The largest absolute Gasteiger partial charge is 0.366 e. The molecule has 0 radical (unpaired) electrons. The lowest BCUT2D eigenvalue weighted by molar-refractivity contribution is 0.1000. The second-order valence-electron chi connectivity index (χ2n) is 5.09. The van der Waals surface area contributed by atoms with Crippen LogP contribution >= 0.6 is 0 Å². The van der Waals surface area contributed by atoms with Gasteiger partial charge in [0.2, 0.25) is 0 Å². The Morgan fingerprint density at radius 1 is 1.14 bits per heavy atom. The van der Waals surface area contributed by atoms with Crippen LogP contribution in [0, 0.1) is 13.8 Å². The maximum Gasteiger partial charge on any atom is 0.251 e. The minimum absolute atomic E-state index is 0.456. The van der Waals surface area contributed by atoms with Gasteiger partial charge in [-0.1, -0.05) is 18.2 Å². The van der Waals surface area contributed by atoms with E-state index < -0.39 is 5.91 Å². The molecule has 2 heterocycles. The fraction of sp³-hybridized carbons (Fsp3) is 0.118. The summed E-state index contributed by atoms with van der Waals surface area (Å²) in [4.78, 5) is 20.7. The summed E-state index contributed by atoms with van der Waals surface area (Å²) in [5, 5.41) is 1.01. The maximum absolute atomic E-state index is 11.8. The van der Waals surface area contributed by atoms with Crippen LogP contribution in [0.1, 0.15) is 21.6 Å². The highest BCUT2D eigenvalue weighted by Crippen LogP contribution is 2.26. The smallest absolute Gasteiger partial charge is 0.251 e. The molecule has 0 saturated carbocycles. The second kappa shape index (κ2) is 4.98. The average molecular weight is 277 g/mol. The highest BCUT2D eigenvalue weighted by molar-refractivity contribution is 6.00. The SMILES string of the molecule is Cc1cc(C)c(C(N)=O)c(-c2cnc3ccccc3c2)n1. The van der Waals surface area contributed by atoms with Crippen molar-refractivity contribution in [3.63, 3.8) is 0 Å². The molecule has 21 heavy (non-hydrogen) atoms. The molecule has 0 unspecified atom stereocenters. The van der Waals surface area contributed by atoms with Gasteiger partial charge >= 0.3 is 0 Å². The third-order valence-electron chi connectivity index (χ3n) is 3.46. The number of benzene rings is 1. The number of para-hydroxylation sites is 1. The number of aryl methyl sites for hydroxylation is 2. The zero-order valence-corrected chi connectivity index (χ0v) is 11.9. The fourth-order valence-corrected chi connectivity index (χ4v) is 2.56. The number of primary amides is 1. The zero-order chi connectivity index (χ0) is 15.0. The highest BCUT2D eigenvalue weighted by Gasteiger charge is 2.16. The van der Waals surface area contributed by atoms with Crippen molar-refractivity contribution in [2.24, 2.45) is 5.73 Å². The van der Waals surface area contributed by atoms with Gasteiger partial charge in [0, 0.05) is 22.8 Å². The molecule has 0 aliphatic heterocycles. The molecule has 0 bridgehead atoms. The molecular weight excluding hydrogens is 262 g/mol. The summed E-state index contributed by atoms with van der Waals surface area (Å²) in [6, 6.07) is 11.7. The third kappa shape index (κ3) is 2.36. The molecule has 2 aromatic heterocycles. The van der Waals surface area contributed by atoms with Crippen molar-refractivity contribution in [1.82, 2.24) is 9.97 Å². The standard InChI is InChI=1S/C17H15N3O/c1-10-7-11(2)20-16(15(10)17(18)21)13-8-12-5-3-4-6-14(12)19-9-13/h3-9H,1-2H3,(H2,18,21). The second-order valence-corrected chi connectivity index (χ2v) is 5.09. The number of hydrogen-bond donors (Lipinski definition) is 1. The number of aromatic nitrogens is 2. The van der Waals surface area contributed by atoms with Gasteiger partial charge in [0.05, 0.1) is 16.8 Å². The number of fused-ring (bicyclic) bond motifs is 1. The molecule has 0 aliphatic rings. The highest BCUT2D eigenvalue weighted by atomic mass is 16.1. The molecule has 4 heteroatoms. The van der Waals surface area contributed by atoms with Gasteiger partial charge in [0.1, 0.15) is 0 Å². The Labute approximate surface area is 122 Å². The van der Waals surface area contributed by atoms with E-state index in [1.807, 2.05) is 50.2 Å². The molecule has 4 nitrogen and oxygen atoms in total. The lowest BCUT2D eigenvalue weighted by Gasteiger charge is -2.11. The molecule has 1 aromatic carbocycles. The monoisotopic (exact) mass is 277 g/mol. The molecule has 0 fully saturated rings. The Morgan fingerprint density at radius 3 is 2.67 bits per heavy atom. The molecule has 1 amide bonds. The first kappa shape index (κ1) is 13.2. The predicted molar refractivity (Wildman–Crippen MR) is 83.0 cm³/mol. The number of amides is 1. The van der Waals surface area contributed by atoms with Gasteiger partial charge in [-0.3, -0.25) is 14.8 Å². The summed E-state index contributed by atoms with van der Waals surface area (Å²) < 4.78 is 0. The maximum atomic E-state index is 11.8. The Bertz CT molecular complexity index is 856. The lowest BCUT2D eigenvalue weighted by atomic mass is 10.0.